The minimum Gasteiger partial charge on any atom is -0.321 e. The van der Waals surface area contributed by atoms with Gasteiger partial charge in [0.2, 0.25) is 0 Å². The molecule has 1 aliphatic heterocycles. The van der Waals surface area contributed by atoms with Gasteiger partial charge < -0.3 is 4.52 Å². The molecule has 1 rings (SSSR count). The number of hydrogen-bond donors (Lipinski definition) is 0. The molecule has 0 bridgehead atoms. The summed E-state index contributed by atoms with van der Waals surface area (Å²) in [6.07, 6.45) is 6.00. The molecule has 1 aliphatic rings. The van der Waals surface area contributed by atoms with E-state index in [0.29, 0.717) is 6.61 Å². The highest BCUT2D eigenvalue weighted by molar-refractivity contribution is 8.56. The first kappa shape index (κ1) is 8.20. The fourth-order valence-corrected chi connectivity index (χ4v) is 4.27. The van der Waals surface area contributed by atoms with Gasteiger partial charge in [-0.2, -0.15) is 0 Å². The fraction of sp³-hybridized carbons (Fsp3) is 0.667. The number of rotatable bonds is 0. The molecular weight excluding hydrogens is 167 g/mol. The highest BCUT2D eigenvalue weighted by Crippen LogP contribution is 2.61. The molecule has 56 valence electrons. The smallest absolute Gasteiger partial charge is 0.255 e. The van der Waals surface area contributed by atoms with E-state index in [9.17, 15) is 4.57 Å². The Hall–Kier alpha value is 0.100. The van der Waals surface area contributed by atoms with E-state index >= 15 is 0 Å². The Morgan fingerprint density at radius 2 is 2.60 bits per heavy atom. The summed E-state index contributed by atoms with van der Waals surface area (Å²) >= 11 is 1.29. The van der Waals surface area contributed by atoms with Crippen LogP contribution < -0.4 is 0 Å². The molecular formula is C6H9O2PS. The van der Waals surface area contributed by atoms with Crippen LogP contribution in [0.15, 0.2) is 0 Å². The van der Waals surface area contributed by atoms with Crippen LogP contribution >= 0.6 is 18.0 Å². The molecule has 4 heteroatoms. The summed E-state index contributed by atoms with van der Waals surface area (Å²) < 4.78 is 16.3. The molecule has 0 aromatic carbocycles. The van der Waals surface area contributed by atoms with E-state index in [0.717, 1.165) is 6.42 Å². The van der Waals surface area contributed by atoms with Crippen LogP contribution in [-0.4, -0.2) is 18.5 Å². The largest absolute Gasteiger partial charge is 0.321 e. The molecule has 0 aliphatic carbocycles. The van der Waals surface area contributed by atoms with Crippen molar-refractivity contribution in [2.24, 2.45) is 0 Å². The van der Waals surface area contributed by atoms with Crippen molar-refractivity contribution in [1.29, 1.82) is 0 Å². The molecule has 0 aromatic rings. The monoisotopic (exact) mass is 176 g/mol. The fourth-order valence-electron chi connectivity index (χ4n) is 0.754. The average Bonchev–Trinajstić information content (AvgIpc) is 1.86. The van der Waals surface area contributed by atoms with Crippen molar-refractivity contribution in [3.8, 4) is 12.3 Å². The third kappa shape index (κ3) is 2.05. The predicted octanol–water partition coefficient (Wildman–Crippen LogP) is 1.96. The molecule has 0 spiro atoms. The van der Waals surface area contributed by atoms with Gasteiger partial charge in [0.25, 0.3) is 6.57 Å². The summed E-state index contributed by atoms with van der Waals surface area (Å²) in [5, 5.41) is 0.0876. The van der Waals surface area contributed by atoms with E-state index in [-0.39, 0.29) is 5.25 Å². The van der Waals surface area contributed by atoms with Gasteiger partial charge in [0.1, 0.15) is 0 Å². The van der Waals surface area contributed by atoms with Crippen LogP contribution in [0.25, 0.3) is 0 Å². The Morgan fingerprint density at radius 3 is 3.00 bits per heavy atom. The minimum absolute atomic E-state index is 0.0876. The van der Waals surface area contributed by atoms with Crippen molar-refractivity contribution in [3.63, 3.8) is 0 Å². The molecule has 1 saturated heterocycles. The van der Waals surface area contributed by atoms with Crippen LogP contribution in [0.4, 0.5) is 0 Å². The highest BCUT2D eigenvalue weighted by Gasteiger charge is 2.27. The second-order valence-corrected chi connectivity index (χ2v) is 7.36. The van der Waals surface area contributed by atoms with Crippen molar-refractivity contribution in [2.45, 2.75) is 11.7 Å². The Morgan fingerprint density at radius 1 is 1.90 bits per heavy atom. The maximum Gasteiger partial charge on any atom is 0.255 e. The van der Waals surface area contributed by atoms with Gasteiger partial charge in [0.05, 0.1) is 11.9 Å². The van der Waals surface area contributed by atoms with E-state index < -0.39 is 6.57 Å². The van der Waals surface area contributed by atoms with Gasteiger partial charge in [0, 0.05) is 6.66 Å². The van der Waals surface area contributed by atoms with Crippen LogP contribution in [0.1, 0.15) is 6.42 Å². The quantitative estimate of drug-likeness (QED) is 0.417. The number of terminal acetylenes is 1. The van der Waals surface area contributed by atoms with E-state index in [1.54, 1.807) is 6.66 Å². The van der Waals surface area contributed by atoms with Gasteiger partial charge in [-0.25, -0.2) is 0 Å². The summed E-state index contributed by atoms with van der Waals surface area (Å²) in [6.45, 7) is -0.235. The standard InChI is InChI=1S/C6H9O2PS/c1-3-6-4-5-8-9(2,7)10-6/h1,6H,4-5H2,2H3. The molecule has 0 amide bonds. The van der Waals surface area contributed by atoms with Crippen LogP contribution in [0.5, 0.6) is 0 Å². The average molecular weight is 176 g/mol. The lowest BCUT2D eigenvalue weighted by molar-refractivity contribution is 0.319. The zero-order chi connectivity index (χ0) is 7.61. The predicted molar refractivity (Wildman–Crippen MR) is 44.3 cm³/mol. The second kappa shape index (κ2) is 3.00. The first-order valence-corrected chi connectivity index (χ1v) is 6.56. The van der Waals surface area contributed by atoms with E-state index in [2.05, 4.69) is 5.92 Å². The van der Waals surface area contributed by atoms with E-state index in [1.165, 1.54) is 11.4 Å². The summed E-state index contributed by atoms with van der Waals surface area (Å²) in [5.74, 6) is 2.57. The summed E-state index contributed by atoms with van der Waals surface area (Å²) in [7, 11) is 0. The third-order valence-corrected chi connectivity index (χ3v) is 5.10. The van der Waals surface area contributed by atoms with Gasteiger partial charge in [-0.3, -0.25) is 4.57 Å². The Labute approximate surface area is 64.9 Å². The lowest BCUT2D eigenvalue weighted by atomic mass is 10.3. The molecule has 0 radical (unpaired) electrons. The second-order valence-electron chi connectivity index (χ2n) is 2.15. The molecule has 10 heavy (non-hydrogen) atoms. The molecule has 0 aromatic heterocycles. The first-order chi connectivity index (χ1) is 4.64. The van der Waals surface area contributed by atoms with Gasteiger partial charge in [0.15, 0.2) is 0 Å². The van der Waals surface area contributed by atoms with Crippen molar-refractivity contribution in [2.75, 3.05) is 13.3 Å². The highest BCUT2D eigenvalue weighted by atomic mass is 32.7. The van der Waals surface area contributed by atoms with E-state index in [4.69, 9.17) is 10.9 Å². The molecule has 0 N–H and O–H groups in total. The molecule has 2 nitrogen and oxygen atoms in total. The Kier molecular flexibility index (Phi) is 2.46. The molecule has 2 atom stereocenters. The van der Waals surface area contributed by atoms with Crippen molar-refractivity contribution in [3.05, 3.63) is 0 Å². The van der Waals surface area contributed by atoms with Gasteiger partial charge in [-0.1, -0.05) is 17.3 Å². The molecule has 2 unspecified atom stereocenters. The van der Waals surface area contributed by atoms with Crippen LogP contribution in [0.3, 0.4) is 0 Å². The maximum atomic E-state index is 11.2. The zero-order valence-electron chi connectivity index (χ0n) is 5.74. The first-order valence-electron chi connectivity index (χ1n) is 3.00. The molecule has 0 saturated carbocycles. The lowest BCUT2D eigenvalue weighted by Crippen LogP contribution is -2.09. The number of hydrogen-bond acceptors (Lipinski definition) is 3. The van der Waals surface area contributed by atoms with Crippen LogP contribution in [-0.2, 0) is 9.09 Å². The van der Waals surface area contributed by atoms with Gasteiger partial charge in [-0.15, -0.1) is 6.42 Å². The Bertz CT molecular complexity index is 208. The van der Waals surface area contributed by atoms with Gasteiger partial charge in [-0.05, 0) is 6.42 Å². The summed E-state index contributed by atoms with van der Waals surface area (Å²) in [6, 6.07) is 0. The summed E-state index contributed by atoms with van der Waals surface area (Å²) in [5.41, 5.74) is 0. The topological polar surface area (TPSA) is 26.3 Å². The molecule has 1 heterocycles. The summed E-state index contributed by atoms with van der Waals surface area (Å²) in [4.78, 5) is 0. The SMILES string of the molecule is C#CC1CCOP(C)(=O)S1. The molecule has 1 fully saturated rings. The van der Waals surface area contributed by atoms with Crippen molar-refractivity contribution in [1.82, 2.24) is 0 Å². The lowest BCUT2D eigenvalue weighted by Gasteiger charge is -2.22. The van der Waals surface area contributed by atoms with Crippen molar-refractivity contribution < 1.29 is 9.09 Å². The normalized spacial score (nSPS) is 40.6. The Balaban J connectivity index is 2.58. The minimum atomic E-state index is -2.39. The third-order valence-electron chi connectivity index (χ3n) is 1.21. The van der Waals surface area contributed by atoms with Crippen LogP contribution in [0, 0.1) is 12.3 Å². The van der Waals surface area contributed by atoms with Crippen LogP contribution in [0.2, 0.25) is 0 Å². The zero-order valence-corrected chi connectivity index (χ0v) is 7.45. The van der Waals surface area contributed by atoms with Crippen molar-refractivity contribution >= 4 is 18.0 Å². The van der Waals surface area contributed by atoms with Gasteiger partial charge >= 0.3 is 0 Å². The van der Waals surface area contributed by atoms with E-state index in [1.807, 2.05) is 0 Å². The maximum absolute atomic E-state index is 11.2.